The second-order valence-corrected chi connectivity index (χ2v) is 7.17. The van der Waals surface area contributed by atoms with Crippen molar-refractivity contribution in [1.82, 2.24) is 4.31 Å². The van der Waals surface area contributed by atoms with E-state index in [1.54, 1.807) is 18.2 Å². The number of halogens is 1. The number of carboxylic acid groups (broad SMARTS) is 1. The molecule has 1 aliphatic heterocycles. The van der Waals surface area contributed by atoms with E-state index in [2.05, 4.69) is 15.9 Å². The van der Waals surface area contributed by atoms with Crippen LogP contribution in [0.15, 0.2) is 33.6 Å². The minimum atomic E-state index is -3.88. The molecule has 6 nitrogen and oxygen atoms in total. The van der Waals surface area contributed by atoms with Crippen LogP contribution in [0.5, 0.6) is 0 Å². The van der Waals surface area contributed by atoms with Gasteiger partial charge in [-0.3, -0.25) is 4.79 Å². The van der Waals surface area contributed by atoms with E-state index in [1.807, 2.05) is 0 Å². The van der Waals surface area contributed by atoms with Crippen LogP contribution < -0.4 is 0 Å². The monoisotopic (exact) mass is 363 g/mol. The minimum Gasteiger partial charge on any atom is -0.480 e. The molecule has 1 aromatic rings. The average Bonchev–Trinajstić information content (AvgIpc) is 2.84. The third kappa shape index (κ3) is 2.73. The Kier molecular flexibility index (Phi) is 4.48. The predicted octanol–water partition coefficient (Wildman–Crippen LogP) is 1.31. The van der Waals surface area contributed by atoms with Crippen LogP contribution in [0.3, 0.4) is 0 Å². The molecule has 0 spiro atoms. The highest BCUT2D eigenvalue weighted by Gasteiger charge is 2.44. The van der Waals surface area contributed by atoms with Gasteiger partial charge in [-0.05, 0) is 28.1 Å². The molecule has 20 heavy (non-hydrogen) atoms. The van der Waals surface area contributed by atoms with Crippen molar-refractivity contribution < 1.29 is 23.1 Å². The van der Waals surface area contributed by atoms with Gasteiger partial charge in [-0.2, -0.15) is 4.31 Å². The van der Waals surface area contributed by atoms with Gasteiger partial charge in [0.25, 0.3) is 0 Å². The van der Waals surface area contributed by atoms with Gasteiger partial charge in [0.15, 0.2) is 0 Å². The number of nitrogens with zero attached hydrogens (tertiary/aromatic N) is 1. The van der Waals surface area contributed by atoms with Crippen molar-refractivity contribution in [3.63, 3.8) is 0 Å². The molecule has 1 fully saturated rings. The molecule has 1 heterocycles. The lowest BCUT2D eigenvalue weighted by molar-refractivity contribution is -0.140. The van der Waals surface area contributed by atoms with Crippen molar-refractivity contribution in [3.05, 3.63) is 28.7 Å². The van der Waals surface area contributed by atoms with Gasteiger partial charge < -0.3 is 9.84 Å². The summed E-state index contributed by atoms with van der Waals surface area (Å²) < 4.78 is 31.7. The summed E-state index contributed by atoms with van der Waals surface area (Å²) in [7, 11) is -2.44. The van der Waals surface area contributed by atoms with Crippen LogP contribution >= 0.6 is 15.9 Å². The molecule has 0 aliphatic carbocycles. The highest BCUT2D eigenvalue weighted by molar-refractivity contribution is 9.10. The van der Waals surface area contributed by atoms with Gasteiger partial charge in [0.1, 0.15) is 6.04 Å². The van der Waals surface area contributed by atoms with Gasteiger partial charge in [0.2, 0.25) is 10.0 Å². The van der Waals surface area contributed by atoms with Gasteiger partial charge in [-0.25, -0.2) is 8.42 Å². The molecule has 0 radical (unpaired) electrons. The van der Waals surface area contributed by atoms with Crippen molar-refractivity contribution in [1.29, 1.82) is 0 Å². The molecule has 0 amide bonds. The molecule has 1 N–H and O–H groups in total. The lowest BCUT2D eigenvalue weighted by atomic mass is 10.2. The van der Waals surface area contributed by atoms with Crippen molar-refractivity contribution in [3.8, 4) is 0 Å². The number of aliphatic carboxylic acids is 1. The summed E-state index contributed by atoms with van der Waals surface area (Å²) >= 11 is 3.18. The molecule has 110 valence electrons. The Morgan fingerprint density at radius 2 is 2.10 bits per heavy atom. The Bertz CT molecular complexity index is 618. The van der Waals surface area contributed by atoms with E-state index < -0.39 is 28.1 Å². The lowest BCUT2D eigenvalue weighted by Gasteiger charge is -2.21. The van der Waals surface area contributed by atoms with Crippen LogP contribution in [0.4, 0.5) is 0 Å². The summed E-state index contributed by atoms with van der Waals surface area (Å²) in [5.74, 6) is -1.17. The molecule has 2 unspecified atom stereocenters. The van der Waals surface area contributed by atoms with Gasteiger partial charge >= 0.3 is 5.97 Å². The number of hydrogen-bond donors (Lipinski definition) is 1. The highest BCUT2D eigenvalue weighted by Crippen LogP contribution is 2.31. The van der Waals surface area contributed by atoms with E-state index in [0.717, 1.165) is 4.31 Å². The Labute approximate surface area is 125 Å². The third-order valence-electron chi connectivity index (χ3n) is 3.26. The van der Waals surface area contributed by atoms with Crippen LogP contribution in [0.1, 0.15) is 6.42 Å². The molecule has 1 aromatic carbocycles. The quantitative estimate of drug-likeness (QED) is 0.871. The minimum absolute atomic E-state index is 0.0388. The van der Waals surface area contributed by atoms with E-state index in [4.69, 9.17) is 4.74 Å². The van der Waals surface area contributed by atoms with E-state index in [0.29, 0.717) is 4.47 Å². The Morgan fingerprint density at radius 1 is 1.45 bits per heavy atom. The van der Waals surface area contributed by atoms with Crippen LogP contribution in [0, 0.1) is 0 Å². The first-order valence-corrected chi connectivity index (χ1v) is 8.13. The number of carboxylic acids is 1. The van der Waals surface area contributed by atoms with Crippen LogP contribution in [-0.4, -0.2) is 49.6 Å². The Morgan fingerprint density at radius 3 is 2.65 bits per heavy atom. The number of rotatable bonds is 4. The zero-order valence-corrected chi connectivity index (χ0v) is 13.1. The molecule has 0 aromatic heterocycles. The van der Waals surface area contributed by atoms with Crippen molar-refractivity contribution in [2.45, 2.75) is 23.5 Å². The Balaban J connectivity index is 2.43. The highest BCUT2D eigenvalue weighted by atomic mass is 79.9. The summed E-state index contributed by atoms with van der Waals surface area (Å²) in [4.78, 5) is 11.3. The van der Waals surface area contributed by atoms with E-state index in [9.17, 15) is 18.3 Å². The molecule has 1 saturated heterocycles. The fraction of sp³-hybridized carbons (Fsp3) is 0.417. The Hall–Kier alpha value is -0.960. The van der Waals surface area contributed by atoms with Gasteiger partial charge in [-0.15, -0.1) is 0 Å². The smallest absolute Gasteiger partial charge is 0.322 e. The molecular weight excluding hydrogens is 350 g/mol. The number of hydrogen-bond acceptors (Lipinski definition) is 4. The SMILES string of the molecule is COC1CC(C(=O)O)N(S(=O)(=O)c2ccccc2Br)C1. The molecule has 8 heteroatoms. The number of sulfonamides is 1. The lowest BCUT2D eigenvalue weighted by Crippen LogP contribution is -2.40. The fourth-order valence-electron chi connectivity index (χ4n) is 2.21. The first-order valence-electron chi connectivity index (χ1n) is 5.90. The molecule has 1 aliphatic rings. The maximum atomic E-state index is 12.6. The summed E-state index contributed by atoms with van der Waals surface area (Å²) in [5, 5.41) is 9.20. The topological polar surface area (TPSA) is 83.9 Å². The zero-order valence-electron chi connectivity index (χ0n) is 10.7. The second-order valence-electron chi connectivity index (χ2n) is 4.45. The van der Waals surface area contributed by atoms with Gasteiger partial charge in [-0.1, -0.05) is 12.1 Å². The summed E-state index contributed by atoms with van der Waals surface area (Å²) in [6.07, 6.45) is -0.261. The molecule has 2 rings (SSSR count). The number of carbonyl (C=O) groups is 1. The van der Waals surface area contributed by atoms with Crippen molar-refractivity contribution >= 4 is 31.9 Å². The zero-order chi connectivity index (χ0) is 14.9. The number of benzene rings is 1. The molecule has 2 atom stereocenters. The van der Waals surface area contributed by atoms with Gasteiger partial charge in [0.05, 0.1) is 11.0 Å². The van der Waals surface area contributed by atoms with Crippen molar-refractivity contribution in [2.75, 3.05) is 13.7 Å². The summed E-state index contributed by atoms with van der Waals surface area (Å²) in [6.45, 7) is 0.0388. The van der Waals surface area contributed by atoms with E-state index in [1.165, 1.54) is 13.2 Å². The molecular formula is C12H14BrNO5S. The van der Waals surface area contributed by atoms with Crippen LogP contribution in [0.25, 0.3) is 0 Å². The fourth-order valence-corrected chi connectivity index (χ4v) is 4.80. The van der Waals surface area contributed by atoms with Gasteiger partial charge in [0, 0.05) is 24.5 Å². The second kappa shape index (κ2) is 5.80. The third-order valence-corrected chi connectivity index (χ3v) is 6.15. The van der Waals surface area contributed by atoms with Crippen molar-refractivity contribution in [2.24, 2.45) is 0 Å². The normalized spacial score (nSPS) is 23.9. The largest absolute Gasteiger partial charge is 0.480 e. The first kappa shape index (κ1) is 15.4. The average molecular weight is 364 g/mol. The molecule has 0 saturated carbocycles. The summed E-state index contributed by atoms with van der Waals surface area (Å²) in [6, 6.07) is 5.24. The predicted molar refractivity (Wildman–Crippen MR) is 74.9 cm³/mol. The standard InChI is InChI=1S/C12H14BrNO5S/c1-19-8-6-10(12(15)16)14(7-8)20(17,18)11-5-3-2-4-9(11)13/h2-5,8,10H,6-7H2,1H3,(H,15,16). The number of methoxy groups -OCH3 is 1. The maximum Gasteiger partial charge on any atom is 0.322 e. The number of ether oxygens (including phenoxy) is 1. The maximum absolute atomic E-state index is 12.6. The van der Waals surface area contributed by atoms with E-state index >= 15 is 0 Å². The molecule has 0 bridgehead atoms. The van der Waals surface area contributed by atoms with E-state index in [-0.39, 0.29) is 17.9 Å². The summed E-state index contributed by atoms with van der Waals surface area (Å²) in [5.41, 5.74) is 0. The van der Waals surface area contributed by atoms with Crippen LogP contribution in [0.2, 0.25) is 0 Å². The first-order chi connectivity index (χ1) is 9.37. The van der Waals surface area contributed by atoms with Crippen LogP contribution in [-0.2, 0) is 19.6 Å².